The largest absolute Gasteiger partial charge is 0.493 e. The van der Waals surface area contributed by atoms with E-state index in [1.165, 1.54) is 38.5 Å². The Kier molecular flexibility index (Phi) is 6.21. The number of nitrogens with one attached hydrogen (secondary N) is 3. The Hall–Kier alpha value is -5.26. The van der Waals surface area contributed by atoms with Crippen LogP contribution < -0.4 is 26.2 Å². The zero-order valence-corrected chi connectivity index (χ0v) is 20.3. The van der Waals surface area contributed by atoms with Crippen molar-refractivity contribution in [1.82, 2.24) is 19.7 Å². The lowest BCUT2D eigenvalue weighted by atomic mass is 10.0. The van der Waals surface area contributed by atoms with E-state index < -0.39 is 23.5 Å². The van der Waals surface area contributed by atoms with Crippen LogP contribution in [0.5, 0.6) is 11.5 Å². The van der Waals surface area contributed by atoms with E-state index >= 15 is 4.39 Å². The van der Waals surface area contributed by atoms with Gasteiger partial charge in [0.05, 0.1) is 25.5 Å². The quantitative estimate of drug-likeness (QED) is 0.208. The highest BCUT2D eigenvalue weighted by Gasteiger charge is 2.26. The molecule has 0 aliphatic carbocycles. The lowest BCUT2D eigenvalue weighted by Gasteiger charge is -2.20. The molecule has 5 rings (SSSR count). The molecular formula is C26H23FN6O5. The summed E-state index contributed by atoms with van der Waals surface area (Å²) in [7, 11) is 2.81. The van der Waals surface area contributed by atoms with Gasteiger partial charge in [0.1, 0.15) is 17.7 Å². The number of rotatable bonds is 8. The Morgan fingerprint density at radius 3 is 2.61 bits per heavy atom. The van der Waals surface area contributed by atoms with E-state index in [1.807, 2.05) is 6.07 Å². The summed E-state index contributed by atoms with van der Waals surface area (Å²) in [4.78, 5) is 30.3. The second-order valence-electron chi connectivity index (χ2n) is 8.36. The minimum absolute atomic E-state index is 0.0370. The molecule has 3 aromatic carbocycles. The number of benzene rings is 3. The number of carbonyl (C=O) groups is 1. The summed E-state index contributed by atoms with van der Waals surface area (Å²) in [5, 5.41) is 18.8. The minimum Gasteiger partial charge on any atom is -0.493 e. The molecule has 0 spiro atoms. The van der Waals surface area contributed by atoms with Crippen molar-refractivity contribution in [2.24, 2.45) is 0 Å². The van der Waals surface area contributed by atoms with Crippen molar-refractivity contribution < 1.29 is 23.8 Å². The number of carboxylic acid groups (broad SMARTS) is 1. The van der Waals surface area contributed by atoms with Crippen LogP contribution in [0.3, 0.4) is 0 Å². The highest BCUT2D eigenvalue weighted by Crippen LogP contribution is 2.36. The number of fused-ring (bicyclic) bond motifs is 1. The molecule has 0 saturated carbocycles. The molecule has 12 heteroatoms. The summed E-state index contributed by atoms with van der Waals surface area (Å²) in [6.45, 7) is 0. The fourth-order valence-corrected chi connectivity index (χ4v) is 4.27. The number of aromatic carboxylic acids is 1. The van der Waals surface area contributed by atoms with Gasteiger partial charge < -0.3 is 30.6 Å². The summed E-state index contributed by atoms with van der Waals surface area (Å²) >= 11 is 0. The molecule has 0 radical (unpaired) electrons. The van der Waals surface area contributed by atoms with Crippen molar-refractivity contribution >= 4 is 28.2 Å². The number of hydrogen-bond donors (Lipinski definition) is 5. The summed E-state index contributed by atoms with van der Waals surface area (Å²) in [5.74, 6) is -0.872. The lowest BCUT2D eigenvalue weighted by molar-refractivity contribution is 0.0696. The number of nitrogens with zero attached hydrogens (tertiary/aromatic N) is 2. The van der Waals surface area contributed by atoms with Gasteiger partial charge in [0, 0.05) is 34.3 Å². The number of anilines is 2. The van der Waals surface area contributed by atoms with Gasteiger partial charge >= 0.3 is 11.7 Å². The molecule has 0 fully saturated rings. The predicted molar refractivity (Wildman–Crippen MR) is 139 cm³/mol. The summed E-state index contributed by atoms with van der Waals surface area (Å²) in [5.41, 5.74) is 5.87. The van der Waals surface area contributed by atoms with Crippen molar-refractivity contribution in [3.05, 3.63) is 94.0 Å². The van der Waals surface area contributed by atoms with Crippen molar-refractivity contribution in [1.29, 1.82) is 0 Å². The van der Waals surface area contributed by atoms with E-state index in [0.29, 0.717) is 11.5 Å². The first kappa shape index (κ1) is 24.4. The summed E-state index contributed by atoms with van der Waals surface area (Å²) in [6, 6.07) is 12.9. The molecule has 6 N–H and O–H groups in total. The fourth-order valence-electron chi connectivity index (χ4n) is 4.27. The normalized spacial score (nSPS) is 11.9. The number of halogens is 1. The molecule has 0 aliphatic heterocycles. The third-order valence-electron chi connectivity index (χ3n) is 6.12. The third-order valence-corrected chi connectivity index (χ3v) is 6.12. The van der Waals surface area contributed by atoms with Gasteiger partial charge in [0.2, 0.25) is 0 Å². The fraction of sp³-hybridized carbons (Fsp3) is 0.115. The van der Waals surface area contributed by atoms with Gasteiger partial charge in [-0.3, -0.25) is 4.98 Å². The maximum Gasteiger partial charge on any atom is 0.348 e. The monoisotopic (exact) mass is 518 g/mol. The first-order chi connectivity index (χ1) is 18.3. The number of para-hydroxylation sites is 1. The van der Waals surface area contributed by atoms with E-state index in [-0.39, 0.29) is 34.1 Å². The number of nitrogens with two attached hydrogens (primary N) is 1. The Morgan fingerprint density at radius 2 is 1.87 bits per heavy atom. The number of carboxylic acids is 1. The van der Waals surface area contributed by atoms with Gasteiger partial charge in [-0.2, -0.15) is 4.68 Å². The van der Waals surface area contributed by atoms with Crippen LogP contribution in [0.15, 0.2) is 65.6 Å². The zero-order valence-electron chi connectivity index (χ0n) is 20.3. The van der Waals surface area contributed by atoms with E-state index in [1.54, 1.807) is 30.5 Å². The summed E-state index contributed by atoms with van der Waals surface area (Å²) < 4.78 is 27.0. The zero-order chi connectivity index (χ0) is 27.0. The number of methoxy groups -OCH3 is 2. The van der Waals surface area contributed by atoms with Gasteiger partial charge in [0.25, 0.3) is 0 Å². The predicted octanol–water partition coefficient (Wildman–Crippen LogP) is 3.68. The van der Waals surface area contributed by atoms with Gasteiger partial charge in [-0.05, 0) is 36.4 Å². The highest BCUT2D eigenvalue weighted by molar-refractivity contribution is 5.94. The third kappa shape index (κ3) is 4.28. The second kappa shape index (κ2) is 9.65. The molecule has 194 valence electrons. The van der Waals surface area contributed by atoms with E-state index in [9.17, 15) is 14.7 Å². The Balaban J connectivity index is 1.66. The Bertz CT molecular complexity index is 1720. The Labute approximate surface area is 214 Å². The van der Waals surface area contributed by atoms with Crippen LogP contribution in [-0.4, -0.2) is 45.0 Å². The molecule has 0 bridgehead atoms. The maximum atomic E-state index is 15.4. The molecule has 0 saturated heterocycles. The van der Waals surface area contributed by atoms with Crippen molar-refractivity contribution in [2.45, 2.75) is 6.04 Å². The molecule has 0 aliphatic rings. The van der Waals surface area contributed by atoms with Crippen LogP contribution in [0.2, 0.25) is 0 Å². The molecule has 2 aromatic heterocycles. The van der Waals surface area contributed by atoms with Gasteiger partial charge in [-0.25, -0.2) is 14.0 Å². The minimum atomic E-state index is -1.23. The van der Waals surface area contributed by atoms with E-state index in [2.05, 4.69) is 20.4 Å². The summed E-state index contributed by atoms with van der Waals surface area (Å²) in [6.07, 6.45) is 1.74. The van der Waals surface area contributed by atoms with Crippen molar-refractivity contribution in [3.63, 3.8) is 0 Å². The number of hydrogen-bond acceptors (Lipinski definition) is 7. The van der Waals surface area contributed by atoms with Crippen LogP contribution in [0.4, 0.5) is 15.9 Å². The van der Waals surface area contributed by atoms with Crippen LogP contribution in [-0.2, 0) is 0 Å². The average Bonchev–Trinajstić information content (AvgIpc) is 3.49. The van der Waals surface area contributed by atoms with Gasteiger partial charge in [-0.1, -0.05) is 12.1 Å². The number of aromatic amines is 2. The highest BCUT2D eigenvalue weighted by atomic mass is 19.1. The maximum absolute atomic E-state index is 15.4. The van der Waals surface area contributed by atoms with Crippen molar-refractivity contribution in [3.8, 4) is 17.2 Å². The van der Waals surface area contributed by atoms with Gasteiger partial charge in [0.15, 0.2) is 17.3 Å². The smallest absolute Gasteiger partial charge is 0.348 e. The SMILES string of the molecule is COc1cc(F)c(C(Nc2ccc3c(N)[nH]cc3c2)c2nn(-c3ccccc3C(=O)O)c(=O)[nH]2)cc1OC. The van der Waals surface area contributed by atoms with Crippen LogP contribution >= 0.6 is 0 Å². The Morgan fingerprint density at radius 1 is 1.13 bits per heavy atom. The molecule has 2 heterocycles. The standard InChI is InChI=1S/C26H23FN6O5/c1-37-20-10-17(18(27)11-21(20)38-2)22(30-14-7-8-15-13(9-14)12-29-23(15)28)24-31-26(36)33(32-24)19-6-4-3-5-16(19)25(34)35/h3-12,22,29-30H,28H2,1-2H3,(H,34,35)(H,31,32,36). The molecule has 0 amide bonds. The van der Waals surface area contributed by atoms with Crippen LogP contribution in [0, 0.1) is 5.82 Å². The number of aromatic nitrogens is 4. The number of H-pyrrole nitrogens is 2. The second-order valence-corrected chi connectivity index (χ2v) is 8.36. The van der Waals surface area contributed by atoms with Crippen LogP contribution in [0.25, 0.3) is 16.5 Å². The molecule has 1 atom stereocenters. The van der Waals surface area contributed by atoms with E-state index in [4.69, 9.17) is 15.2 Å². The lowest BCUT2D eigenvalue weighted by Crippen LogP contribution is -2.18. The van der Waals surface area contributed by atoms with Gasteiger partial charge in [-0.15, -0.1) is 5.10 Å². The molecule has 38 heavy (non-hydrogen) atoms. The topological polar surface area (TPSA) is 160 Å². The van der Waals surface area contributed by atoms with Crippen molar-refractivity contribution in [2.75, 3.05) is 25.3 Å². The average molecular weight is 519 g/mol. The van der Waals surface area contributed by atoms with Crippen LogP contribution in [0.1, 0.15) is 27.8 Å². The molecule has 5 aromatic rings. The first-order valence-electron chi connectivity index (χ1n) is 11.4. The van der Waals surface area contributed by atoms with E-state index in [0.717, 1.165) is 15.5 Å². The number of nitrogen functional groups attached to an aromatic ring is 1. The molecule has 1 unspecified atom stereocenters. The molecular weight excluding hydrogens is 495 g/mol. The number of ether oxygens (including phenoxy) is 2. The first-order valence-corrected chi connectivity index (χ1v) is 11.4. The molecule has 11 nitrogen and oxygen atoms in total.